The molecule has 0 spiro atoms. The van der Waals surface area contributed by atoms with Crippen LogP contribution in [0.2, 0.25) is 0 Å². The minimum Gasteiger partial charge on any atom is -0.299 e. The van der Waals surface area contributed by atoms with E-state index in [1.807, 2.05) is 0 Å². The number of hydrogen-bond donors (Lipinski definition) is 1. The molecule has 2 N–H and O–H groups in total. The molecular weight excluding hydrogens is 190 g/mol. The van der Waals surface area contributed by atoms with E-state index in [0.717, 1.165) is 12.8 Å². The van der Waals surface area contributed by atoms with Crippen LogP contribution in [0.3, 0.4) is 0 Å². The van der Waals surface area contributed by atoms with Gasteiger partial charge in [0.1, 0.15) is 5.78 Å². The van der Waals surface area contributed by atoms with Crippen LogP contribution in [-0.2, 0) is 14.8 Å². The normalized spacial score (nSPS) is 38.5. The third-order valence-electron chi connectivity index (χ3n) is 3.25. The lowest BCUT2D eigenvalue weighted by Gasteiger charge is -2.22. The van der Waals surface area contributed by atoms with Gasteiger partial charge >= 0.3 is 0 Å². The summed E-state index contributed by atoms with van der Waals surface area (Å²) in [7, 11) is -3.51. The molecule has 2 bridgehead atoms. The quantitative estimate of drug-likeness (QED) is 0.688. The molecule has 0 aromatic rings. The monoisotopic (exact) mass is 203 g/mol. The molecule has 2 aliphatic carbocycles. The molecule has 0 amide bonds. The molecule has 0 unspecified atom stereocenters. The maximum absolute atomic E-state index is 11.5. The van der Waals surface area contributed by atoms with Crippen molar-refractivity contribution < 1.29 is 13.2 Å². The van der Waals surface area contributed by atoms with E-state index in [1.165, 1.54) is 0 Å². The molecule has 74 valence electrons. The van der Waals surface area contributed by atoms with Gasteiger partial charge < -0.3 is 0 Å². The summed E-state index contributed by atoms with van der Waals surface area (Å²) in [5.74, 6) is 0.391. The zero-order valence-electron chi connectivity index (χ0n) is 7.32. The molecule has 2 atom stereocenters. The molecule has 0 heterocycles. The predicted octanol–water partition coefficient (Wildman–Crippen LogP) is 0.0342. The fraction of sp³-hybridized carbons (Fsp3) is 0.875. The fourth-order valence-electron chi connectivity index (χ4n) is 2.74. The van der Waals surface area contributed by atoms with E-state index in [2.05, 4.69) is 0 Å². The van der Waals surface area contributed by atoms with Crippen LogP contribution in [0.25, 0.3) is 0 Å². The number of ketones is 1. The van der Waals surface area contributed by atoms with Crippen molar-refractivity contribution in [1.82, 2.24) is 0 Å². The highest BCUT2D eigenvalue weighted by Crippen LogP contribution is 2.51. The van der Waals surface area contributed by atoms with Gasteiger partial charge in [-0.25, -0.2) is 13.6 Å². The Morgan fingerprint density at radius 1 is 1.54 bits per heavy atom. The topological polar surface area (TPSA) is 77.2 Å². The van der Waals surface area contributed by atoms with Crippen molar-refractivity contribution in [2.75, 3.05) is 5.75 Å². The molecule has 0 saturated heterocycles. The highest BCUT2D eigenvalue weighted by Gasteiger charge is 2.53. The number of nitrogens with two attached hydrogens (primary N) is 1. The van der Waals surface area contributed by atoms with Gasteiger partial charge in [0.15, 0.2) is 0 Å². The van der Waals surface area contributed by atoms with E-state index in [4.69, 9.17) is 5.14 Å². The van der Waals surface area contributed by atoms with Crippen LogP contribution in [0.15, 0.2) is 0 Å². The summed E-state index contributed by atoms with van der Waals surface area (Å²) in [5.41, 5.74) is -0.599. The Kier molecular flexibility index (Phi) is 1.79. The van der Waals surface area contributed by atoms with Gasteiger partial charge in [-0.2, -0.15) is 0 Å². The highest BCUT2D eigenvalue weighted by molar-refractivity contribution is 7.89. The van der Waals surface area contributed by atoms with Gasteiger partial charge in [-0.15, -0.1) is 0 Å². The van der Waals surface area contributed by atoms with Gasteiger partial charge in [0.05, 0.1) is 5.75 Å². The molecule has 4 nitrogen and oxygen atoms in total. The van der Waals surface area contributed by atoms with Crippen LogP contribution in [0.5, 0.6) is 0 Å². The average molecular weight is 203 g/mol. The molecule has 2 aliphatic rings. The molecule has 2 fully saturated rings. The predicted molar refractivity (Wildman–Crippen MR) is 47.4 cm³/mol. The number of rotatable bonds is 2. The van der Waals surface area contributed by atoms with Crippen LogP contribution in [0.4, 0.5) is 0 Å². The largest absolute Gasteiger partial charge is 0.299 e. The number of primary sulfonamides is 1. The summed E-state index contributed by atoms with van der Waals surface area (Å²) in [4.78, 5) is 11.5. The van der Waals surface area contributed by atoms with Gasteiger partial charge in [-0.1, -0.05) is 0 Å². The second-order valence-electron chi connectivity index (χ2n) is 4.32. The van der Waals surface area contributed by atoms with Crippen molar-refractivity contribution in [3.63, 3.8) is 0 Å². The van der Waals surface area contributed by atoms with Gasteiger partial charge in [0.2, 0.25) is 10.0 Å². The molecule has 0 aromatic heterocycles. The molecule has 0 aliphatic heterocycles. The zero-order chi connectivity index (χ0) is 9.69. The van der Waals surface area contributed by atoms with Crippen molar-refractivity contribution >= 4 is 15.8 Å². The van der Waals surface area contributed by atoms with Gasteiger partial charge in [0.25, 0.3) is 0 Å². The minimum absolute atomic E-state index is 0.109. The van der Waals surface area contributed by atoms with Crippen molar-refractivity contribution in [3.05, 3.63) is 0 Å². The van der Waals surface area contributed by atoms with Crippen molar-refractivity contribution in [3.8, 4) is 0 Å². The Balaban J connectivity index is 2.25. The van der Waals surface area contributed by atoms with Crippen LogP contribution >= 0.6 is 0 Å². The maximum atomic E-state index is 11.5. The maximum Gasteiger partial charge on any atom is 0.210 e. The van der Waals surface area contributed by atoms with Crippen LogP contribution in [0, 0.1) is 11.3 Å². The number of hydrogen-bond acceptors (Lipinski definition) is 3. The van der Waals surface area contributed by atoms with Crippen molar-refractivity contribution in [2.45, 2.75) is 25.7 Å². The van der Waals surface area contributed by atoms with Gasteiger partial charge in [-0.3, -0.25) is 4.79 Å². The molecule has 2 rings (SSSR count). The Morgan fingerprint density at radius 3 is 2.62 bits per heavy atom. The van der Waals surface area contributed by atoms with Crippen LogP contribution in [0.1, 0.15) is 25.7 Å². The van der Waals surface area contributed by atoms with Gasteiger partial charge in [0, 0.05) is 11.8 Å². The lowest BCUT2D eigenvalue weighted by molar-refractivity contribution is -0.125. The van der Waals surface area contributed by atoms with Crippen LogP contribution in [-0.4, -0.2) is 20.0 Å². The summed E-state index contributed by atoms with van der Waals surface area (Å²) in [6.45, 7) is 0. The van der Waals surface area contributed by atoms with E-state index in [0.29, 0.717) is 18.8 Å². The lowest BCUT2D eigenvalue weighted by atomic mass is 9.85. The number of Topliss-reactive ketones (excluding diaryl/α,β-unsaturated/α-hetero) is 1. The molecule has 5 heteroatoms. The minimum atomic E-state index is -3.51. The molecule has 0 aromatic carbocycles. The Labute approximate surface area is 77.5 Å². The van der Waals surface area contributed by atoms with E-state index >= 15 is 0 Å². The van der Waals surface area contributed by atoms with E-state index in [9.17, 15) is 13.2 Å². The number of sulfonamides is 1. The first-order chi connectivity index (χ1) is 5.91. The first-order valence-electron chi connectivity index (χ1n) is 4.45. The van der Waals surface area contributed by atoms with Crippen molar-refractivity contribution in [2.24, 2.45) is 16.5 Å². The second kappa shape index (κ2) is 2.54. The summed E-state index contributed by atoms with van der Waals surface area (Å²) >= 11 is 0. The Bertz CT molecular complexity index is 348. The van der Waals surface area contributed by atoms with Crippen molar-refractivity contribution in [1.29, 1.82) is 0 Å². The summed E-state index contributed by atoms with van der Waals surface area (Å²) < 4.78 is 21.9. The first-order valence-corrected chi connectivity index (χ1v) is 6.17. The number of carbonyl (C=O) groups excluding carboxylic acids is 1. The molecule has 0 radical (unpaired) electrons. The fourth-order valence-corrected chi connectivity index (χ4v) is 3.93. The lowest BCUT2D eigenvalue weighted by Crippen LogP contribution is -2.36. The standard InChI is InChI=1S/C8H13NO3S/c9-13(11,12)5-8-2-1-6(4-8)3-7(8)10/h6H,1-5H2,(H2,9,11,12)/t6-,8-/m1/s1. The Hall–Kier alpha value is -0.420. The third-order valence-corrected chi connectivity index (χ3v) is 4.21. The van der Waals surface area contributed by atoms with E-state index in [1.54, 1.807) is 0 Å². The Morgan fingerprint density at radius 2 is 2.23 bits per heavy atom. The van der Waals surface area contributed by atoms with Gasteiger partial charge in [-0.05, 0) is 25.2 Å². The number of fused-ring (bicyclic) bond motifs is 2. The van der Waals surface area contributed by atoms with E-state index in [-0.39, 0.29) is 11.5 Å². The molecule has 13 heavy (non-hydrogen) atoms. The molecule has 2 saturated carbocycles. The highest BCUT2D eigenvalue weighted by atomic mass is 32.2. The van der Waals surface area contributed by atoms with Crippen LogP contribution < -0.4 is 5.14 Å². The van der Waals surface area contributed by atoms with E-state index < -0.39 is 15.4 Å². The first kappa shape index (κ1) is 9.15. The summed E-state index contributed by atoms with van der Waals surface area (Å²) in [6.07, 6.45) is 3.01. The summed E-state index contributed by atoms with van der Waals surface area (Å²) in [5, 5.41) is 4.98. The second-order valence-corrected chi connectivity index (χ2v) is 5.94. The summed E-state index contributed by atoms with van der Waals surface area (Å²) in [6, 6.07) is 0. The average Bonchev–Trinajstić information content (AvgIpc) is 2.39. The zero-order valence-corrected chi connectivity index (χ0v) is 8.14. The number of carbonyl (C=O) groups is 1. The SMILES string of the molecule is NS(=O)(=O)C[C@]12CC[C@H](CC1=O)C2. The molecular formula is C8H13NO3S. The smallest absolute Gasteiger partial charge is 0.210 e. The third kappa shape index (κ3) is 1.50.